The van der Waals surface area contributed by atoms with E-state index in [-0.39, 0.29) is 31.1 Å². The summed E-state index contributed by atoms with van der Waals surface area (Å²) in [4.78, 5) is 38.3. The van der Waals surface area contributed by atoms with Crippen LogP contribution in [0.1, 0.15) is 329 Å². The molecule has 0 aromatic heterocycles. The van der Waals surface area contributed by atoms with Crippen LogP contribution in [0.5, 0.6) is 0 Å². The molecule has 0 aromatic rings. The lowest BCUT2D eigenvalue weighted by Crippen LogP contribution is -2.30. The molecule has 0 aromatic carbocycles. The number of carbonyl (C=O) groups is 3. The predicted octanol–water partition coefficient (Wildman–Crippen LogP) is 23.2. The molecule has 0 rings (SSSR count). The van der Waals surface area contributed by atoms with Crippen LogP contribution in [0.25, 0.3) is 0 Å². The minimum Gasteiger partial charge on any atom is -0.462 e. The third-order valence-corrected chi connectivity index (χ3v) is 14.6. The maximum atomic E-state index is 12.9. The Morgan fingerprint density at radius 1 is 0.266 bits per heavy atom. The molecule has 0 saturated carbocycles. The van der Waals surface area contributed by atoms with Gasteiger partial charge in [-0.2, -0.15) is 0 Å². The fraction of sp³-hybridized carbons (Fsp3) is 0.740. The summed E-state index contributed by atoms with van der Waals surface area (Å²) in [5.74, 6) is -0.940. The minimum absolute atomic E-state index is 0.0955. The van der Waals surface area contributed by atoms with Crippen molar-refractivity contribution in [3.63, 3.8) is 0 Å². The molecule has 6 nitrogen and oxygen atoms in total. The molecule has 0 N–H and O–H groups in total. The third-order valence-electron chi connectivity index (χ3n) is 14.6. The van der Waals surface area contributed by atoms with Crippen molar-refractivity contribution in [1.82, 2.24) is 0 Å². The van der Waals surface area contributed by atoms with Gasteiger partial charge in [0.15, 0.2) is 6.10 Å². The molecule has 0 spiro atoms. The van der Waals surface area contributed by atoms with E-state index in [1.54, 1.807) is 0 Å². The summed E-state index contributed by atoms with van der Waals surface area (Å²) in [6.45, 7) is 6.39. The quantitative estimate of drug-likeness (QED) is 0.0261. The molecule has 0 heterocycles. The topological polar surface area (TPSA) is 78.9 Å². The van der Waals surface area contributed by atoms with Gasteiger partial charge >= 0.3 is 17.9 Å². The summed E-state index contributed by atoms with van der Waals surface area (Å²) in [6, 6.07) is 0. The lowest BCUT2D eigenvalue weighted by atomic mass is 10.0. The summed E-state index contributed by atoms with van der Waals surface area (Å²) in [6.07, 6.45) is 90.2. The molecule has 0 saturated heterocycles. The zero-order valence-corrected chi connectivity index (χ0v) is 52.1. The van der Waals surface area contributed by atoms with Gasteiger partial charge in [-0.15, -0.1) is 0 Å². The molecule has 0 radical (unpaired) electrons. The normalized spacial score (nSPS) is 12.7. The van der Waals surface area contributed by atoms with Gasteiger partial charge in [0, 0.05) is 19.3 Å². The van der Waals surface area contributed by atoms with Crippen molar-refractivity contribution in [3.05, 3.63) is 97.2 Å². The molecular formula is C73H126O6. The van der Waals surface area contributed by atoms with Crippen molar-refractivity contribution in [2.75, 3.05) is 13.2 Å². The highest BCUT2D eigenvalue weighted by atomic mass is 16.6. The molecule has 454 valence electrons. The molecule has 0 aliphatic heterocycles. The molecule has 0 amide bonds. The van der Waals surface area contributed by atoms with Gasteiger partial charge in [-0.25, -0.2) is 0 Å². The van der Waals surface area contributed by atoms with E-state index in [1.807, 2.05) is 0 Å². The number of allylic oxidation sites excluding steroid dienone is 16. The summed E-state index contributed by atoms with van der Waals surface area (Å²) in [5, 5.41) is 0. The van der Waals surface area contributed by atoms with E-state index in [0.29, 0.717) is 19.3 Å². The largest absolute Gasteiger partial charge is 0.462 e. The monoisotopic (exact) mass is 1100 g/mol. The van der Waals surface area contributed by atoms with Crippen molar-refractivity contribution in [3.8, 4) is 0 Å². The summed E-state index contributed by atoms with van der Waals surface area (Å²) in [7, 11) is 0. The van der Waals surface area contributed by atoms with Gasteiger partial charge in [0.1, 0.15) is 13.2 Å². The van der Waals surface area contributed by atoms with Crippen LogP contribution in [0.15, 0.2) is 97.2 Å². The average Bonchev–Trinajstić information content (AvgIpc) is 3.45. The van der Waals surface area contributed by atoms with Crippen molar-refractivity contribution in [2.45, 2.75) is 335 Å². The Morgan fingerprint density at radius 3 is 0.797 bits per heavy atom. The van der Waals surface area contributed by atoms with Crippen LogP contribution in [0.2, 0.25) is 0 Å². The van der Waals surface area contributed by atoms with Crippen molar-refractivity contribution in [2.24, 2.45) is 0 Å². The number of ether oxygens (including phenoxy) is 3. The first-order valence-electron chi connectivity index (χ1n) is 33.7. The van der Waals surface area contributed by atoms with Crippen LogP contribution in [0, 0.1) is 0 Å². The van der Waals surface area contributed by atoms with E-state index in [2.05, 4.69) is 118 Å². The highest BCUT2D eigenvalue weighted by Crippen LogP contribution is 2.17. The van der Waals surface area contributed by atoms with Gasteiger partial charge in [-0.1, -0.05) is 291 Å². The average molecular weight is 1100 g/mol. The number of hydrogen-bond donors (Lipinski definition) is 0. The summed E-state index contributed by atoms with van der Waals surface area (Å²) < 4.78 is 16.9. The second-order valence-electron chi connectivity index (χ2n) is 22.3. The zero-order chi connectivity index (χ0) is 57.1. The smallest absolute Gasteiger partial charge is 0.306 e. The van der Waals surface area contributed by atoms with E-state index in [1.165, 1.54) is 167 Å². The van der Waals surface area contributed by atoms with Crippen LogP contribution < -0.4 is 0 Å². The van der Waals surface area contributed by atoms with Crippen LogP contribution in [0.4, 0.5) is 0 Å². The van der Waals surface area contributed by atoms with E-state index >= 15 is 0 Å². The Balaban J connectivity index is 4.21. The minimum atomic E-state index is -0.804. The van der Waals surface area contributed by atoms with Gasteiger partial charge < -0.3 is 14.2 Å². The molecule has 1 unspecified atom stereocenters. The van der Waals surface area contributed by atoms with Gasteiger partial charge in [0.2, 0.25) is 0 Å². The molecule has 0 aliphatic carbocycles. The molecular weight excluding hydrogens is 973 g/mol. The number of rotatable bonds is 61. The van der Waals surface area contributed by atoms with E-state index in [4.69, 9.17) is 14.2 Å². The molecule has 0 bridgehead atoms. The molecule has 79 heavy (non-hydrogen) atoms. The molecule has 1 atom stereocenters. The maximum absolute atomic E-state index is 12.9. The zero-order valence-electron chi connectivity index (χ0n) is 52.1. The first-order valence-corrected chi connectivity index (χ1v) is 33.7. The Labute approximate surface area is 489 Å². The second-order valence-corrected chi connectivity index (χ2v) is 22.3. The van der Waals surface area contributed by atoms with Gasteiger partial charge in [-0.3, -0.25) is 14.4 Å². The van der Waals surface area contributed by atoms with E-state index < -0.39 is 6.10 Å². The fourth-order valence-electron chi connectivity index (χ4n) is 9.56. The van der Waals surface area contributed by atoms with E-state index in [9.17, 15) is 14.4 Å². The Hall–Kier alpha value is -3.67. The molecule has 0 aliphatic rings. The highest BCUT2D eigenvalue weighted by molar-refractivity contribution is 5.71. The summed E-state index contributed by atoms with van der Waals surface area (Å²) >= 11 is 0. The Morgan fingerprint density at radius 2 is 0.494 bits per heavy atom. The van der Waals surface area contributed by atoms with Crippen LogP contribution >= 0.6 is 0 Å². The highest BCUT2D eigenvalue weighted by Gasteiger charge is 2.19. The second kappa shape index (κ2) is 66.8. The first kappa shape index (κ1) is 75.3. The summed E-state index contributed by atoms with van der Waals surface area (Å²) in [5.41, 5.74) is 0. The number of hydrogen-bond acceptors (Lipinski definition) is 6. The van der Waals surface area contributed by atoms with Gasteiger partial charge in [0.05, 0.1) is 0 Å². The van der Waals surface area contributed by atoms with Crippen molar-refractivity contribution >= 4 is 17.9 Å². The lowest BCUT2D eigenvalue weighted by Gasteiger charge is -2.18. The fourth-order valence-corrected chi connectivity index (χ4v) is 9.56. The lowest BCUT2D eigenvalue weighted by molar-refractivity contribution is -0.167. The molecule has 6 heteroatoms. The van der Waals surface area contributed by atoms with Gasteiger partial charge in [-0.05, 0) is 116 Å². The third kappa shape index (κ3) is 65.0. The first-order chi connectivity index (χ1) is 39.0. The standard InChI is InChI=1S/C73H126O6/c1-4-7-10-13-16-19-22-25-27-29-30-31-32-33-34-35-36-37-38-39-40-41-42-44-45-48-51-54-57-60-63-66-72(75)78-69-70(68-77-71(74)65-62-59-56-53-50-47-24-21-18-15-12-9-6-3)79-73(76)67-64-61-58-55-52-49-46-43-28-26-23-20-17-14-11-8-5-2/h8-9,11-12,17-18,20-21,26,28-30,46-47,49-50,70H,4-7,10,13-16,19,22-25,27,31-45,48,51-69H2,1-3H3/b11-8-,12-9-,20-17-,21-18-,28-26-,30-29-,49-46-,50-47-. The number of carbonyl (C=O) groups excluding carboxylic acids is 3. The predicted molar refractivity (Wildman–Crippen MR) is 344 cm³/mol. The number of esters is 3. The van der Waals surface area contributed by atoms with Crippen LogP contribution in [0.3, 0.4) is 0 Å². The van der Waals surface area contributed by atoms with Crippen molar-refractivity contribution < 1.29 is 28.6 Å². The van der Waals surface area contributed by atoms with Crippen LogP contribution in [-0.4, -0.2) is 37.2 Å². The van der Waals surface area contributed by atoms with Gasteiger partial charge in [0.25, 0.3) is 0 Å². The maximum Gasteiger partial charge on any atom is 0.306 e. The Kier molecular flexibility index (Phi) is 63.7. The van der Waals surface area contributed by atoms with Crippen LogP contribution in [-0.2, 0) is 28.6 Å². The Bertz CT molecular complexity index is 1540. The van der Waals surface area contributed by atoms with Crippen molar-refractivity contribution in [1.29, 1.82) is 0 Å². The molecule has 0 fully saturated rings. The SMILES string of the molecule is CC/C=C\C/C=C\C/C=C\C/C=C\CCCCCCC(=O)OC(COC(=O)CCCCC/C=C\C/C=C\C/C=C\CC)COC(=O)CCCCCCCCCCCCCCCCCCCCC/C=C\CCCCCCCCCC. The number of unbranched alkanes of at least 4 members (excludes halogenated alkanes) is 34. The van der Waals surface area contributed by atoms with E-state index in [0.717, 1.165) is 122 Å².